The third-order valence-corrected chi connectivity index (χ3v) is 4.21. The number of nitrogens with zero attached hydrogens (tertiary/aromatic N) is 2. The van der Waals surface area contributed by atoms with E-state index in [1.54, 1.807) is 23.9 Å². The number of aromatic nitrogens is 2. The molecule has 0 radical (unpaired) electrons. The average molecular weight is 398 g/mol. The number of hydrogen-bond acceptors (Lipinski definition) is 5. The standard InChI is InChI=1S/C12H12N2O2.C9H10O4/c1-2-16-12(15)11-8-9-13-14(11)10-6-4-3-5-7-10;1-9(8(12)13)4-2-3-6(5-9)7(10)11/h3-9H,2H2,1H3;2-4H,5H2,1H3,(H,10,11)(H,12,13). The molecule has 0 aliphatic heterocycles. The van der Waals surface area contributed by atoms with E-state index in [-0.39, 0.29) is 18.0 Å². The molecule has 0 saturated heterocycles. The smallest absolute Gasteiger partial charge is 0.357 e. The van der Waals surface area contributed by atoms with Crippen LogP contribution in [-0.2, 0) is 14.3 Å². The minimum absolute atomic E-state index is 0.0359. The number of carboxylic acids is 2. The summed E-state index contributed by atoms with van der Waals surface area (Å²) in [6, 6.07) is 11.1. The Bertz CT molecular complexity index is 945. The molecule has 0 fully saturated rings. The normalized spacial score (nSPS) is 17.5. The van der Waals surface area contributed by atoms with E-state index in [2.05, 4.69) is 5.10 Å². The van der Waals surface area contributed by atoms with Crippen molar-refractivity contribution in [3.05, 3.63) is 72.1 Å². The van der Waals surface area contributed by atoms with Crippen molar-refractivity contribution in [2.45, 2.75) is 20.3 Å². The summed E-state index contributed by atoms with van der Waals surface area (Å²) in [4.78, 5) is 33.0. The van der Waals surface area contributed by atoms with Gasteiger partial charge < -0.3 is 14.9 Å². The van der Waals surface area contributed by atoms with Crippen LogP contribution in [0.4, 0.5) is 0 Å². The molecular formula is C21H22N2O6. The van der Waals surface area contributed by atoms with Gasteiger partial charge in [-0.15, -0.1) is 0 Å². The Balaban J connectivity index is 0.000000212. The molecule has 0 spiro atoms. The van der Waals surface area contributed by atoms with Crippen LogP contribution in [0, 0.1) is 5.41 Å². The number of ether oxygens (including phenoxy) is 1. The molecule has 1 aliphatic carbocycles. The van der Waals surface area contributed by atoms with Crippen molar-refractivity contribution in [2.75, 3.05) is 6.61 Å². The van der Waals surface area contributed by atoms with Crippen molar-refractivity contribution in [2.24, 2.45) is 5.41 Å². The van der Waals surface area contributed by atoms with Crippen LogP contribution < -0.4 is 0 Å². The largest absolute Gasteiger partial charge is 0.481 e. The van der Waals surface area contributed by atoms with Gasteiger partial charge in [0.05, 0.1) is 23.9 Å². The van der Waals surface area contributed by atoms with Crippen molar-refractivity contribution >= 4 is 17.9 Å². The molecule has 3 rings (SSSR count). The summed E-state index contributed by atoms with van der Waals surface area (Å²) in [6.45, 7) is 3.64. The van der Waals surface area contributed by atoms with Gasteiger partial charge in [-0.1, -0.05) is 36.4 Å². The monoisotopic (exact) mass is 398 g/mol. The van der Waals surface area contributed by atoms with E-state index in [4.69, 9.17) is 14.9 Å². The van der Waals surface area contributed by atoms with Crippen molar-refractivity contribution in [1.29, 1.82) is 0 Å². The van der Waals surface area contributed by atoms with E-state index in [0.29, 0.717) is 12.3 Å². The lowest BCUT2D eigenvalue weighted by Crippen LogP contribution is -2.28. The van der Waals surface area contributed by atoms with Crippen molar-refractivity contribution in [1.82, 2.24) is 9.78 Å². The predicted molar refractivity (Wildman–Crippen MR) is 105 cm³/mol. The second-order valence-corrected chi connectivity index (χ2v) is 6.44. The maximum atomic E-state index is 11.6. The van der Waals surface area contributed by atoms with E-state index in [0.717, 1.165) is 5.69 Å². The molecule has 1 heterocycles. The summed E-state index contributed by atoms with van der Waals surface area (Å²) in [7, 11) is 0. The third-order valence-electron chi connectivity index (χ3n) is 4.21. The number of hydrogen-bond donors (Lipinski definition) is 2. The van der Waals surface area contributed by atoms with Gasteiger partial charge in [-0.3, -0.25) is 4.79 Å². The molecule has 29 heavy (non-hydrogen) atoms. The van der Waals surface area contributed by atoms with Crippen LogP contribution in [0.3, 0.4) is 0 Å². The van der Waals surface area contributed by atoms with E-state index in [9.17, 15) is 14.4 Å². The lowest BCUT2D eigenvalue weighted by atomic mass is 9.80. The first-order valence-electron chi connectivity index (χ1n) is 8.90. The van der Waals surface area contributed by atoms with Crippen molar-refractivity contribution in [3.63, 3.8) is 0 Å². The quantitative estimate of drug-likeness (QED) is 0.743. The molecule has 1 aromatic heterocycles. The first-order valence-corrected chi connectivity index (χ1v) is 8.90. The number of benzene rings is 1. The van der Waals surface area contributed by atoms with Gasteiger partial charge in [0.15, 0.2) is 5.69 Å². The fraction of sp³-hybridized carbons (Fsp3) is 0.238. The maximum absolute atomic E-state index is 11.6. The number of para-hydroxylation sites is 1. The second kappa shape index (κ2) is 9.50. The van der Waals surface area contributed by atoms with Crippen LogP contribution in [0.25, 0.3) is 5.69 Å². The SMILES string of the molecule is CC1(C(=O)O)C=CC=C(C(=O)O)C1.CCOC(=O)c1ccnn1-c1ccccc1. The first-order chi connectivity index (χ1) is 13.8. The van der Waals surface area contributed by atoms with Gasteiger partial charge in [0.25, 0.3) is 0 Å². The Morgan fingerprint density at radius 3 is 2.45 bits per heavy atom. The topological polar surface area (TPSA) is 119 Å². The number of rotatable bonds is 5. The molecular weight excluding hydrogens is 376 g/mol. The molecule has 8 heteroatoms. The van der Waals surface area contributed by atoms with Crippen molar-refractivity contribution in [3.8, 4) is 5.69 Å². The van der Waals surface area contributed by atoms with E-state index in [1.165, 1.54) is 25.2 Å². The van der Waals surface area contributed by atoms with Gasteiger partial charge in [-0.25, -0.2) is 14.3 Å². The summed E-state index contributed by atoms with van der Waals surface area (Å²) >= 11 is 0. The molecule has 2 N–H and O–H groups in total. The molecule has 0 saturated carbocycles. The van der Waals surface area contributed by atoms with Crippen LogP contribution in [0.15, 0.2) is 66.4 Å². The van der Waals surface area contributed by atoms with Gasteiger partial charge in [0.1, 0.15) is 0 Å². The molecule has 8 nitrogen and oxygen atoms in total. The van der Waals surface area contributed by atoms with E-state index < -0.39 is 17.4 Å². The van der Waals surface area contributed by atoms with Crippen LogP contribution >= 0.6 is 0 Å². The maximum Gasteiger partial charge on any atom is 0.357 e. The van der Waals surface area contributed by atoms with Gasteiger partial charge >= 0.3 is 17.9 Å². The number of carbonyl (C=O) groups excluding carboxylic acids is 1. The van der Waals surface area contributed by atoms with Crippen LogP contribution in [0.5, 0.6) is 0 Å². The van der Waals surface area contributed by atoms with Gasteiger partial charge in [0.2, 0.25) is 0 Å². The van der Waals surface area contributed by atoms with Crippen molar-refractivity contribution < 1.29 is 29.3 Å². The number of esters is 1. The summed E-state index contributed by atoms with van der Waals surface area (Å²) in [5.41, 5.74) is 0.332. The van der Waals surface area contributed by atoms with Gasteiger partial charge in [-0.05, 0) is 38.5 Å². The third kappa shape index (κ3) is 5.41. The minimum Gasteiger partial charge on any atom is -0.481 e. The first kappa shape index (κ1) is 21.6. The van der Waals surface area contributed by atoms with E-state index in [1.807, 2.05) is 30.3 Å². The van der Waals surface area contributed by atoms with Crippen LogP contribution in [0.1, 0.15) is 30.8 Å². The Labute approximate surface area is 167 Å². The molecule has 0 bridgehead atoms. The lowest BCUT2D eigenvalue weighted by molar-refractivity contribution is -0.145. The number of allylic oxidation sites excluding steroid dienone is 2. The Hall–Kier alpha value is -3.68. The summed E-state index contributed by atoms with van der Waals surface area (Å²) in [5, 5.41) is 21.6. The summed E-state index contributed by atoms with van der Waals surface area (Å²) in [6.07, 6.45) is 6.02. The highest BCUT2D eigenvalue weighted by molar-refractivity contribution is 5.90. The molecule has 1 aliphatic rings. The zero-order valence-corrected chi connectivity index (χ0v) is 16.1. The Kier molecular flexibility index (Phi) is 7.08. The molecule has 0 amide bonds. The second-order valence-electron chi connectivity index (χ2n) is 6.44. The highest BCUT2D eigenvalue weighted by Crippen LogP contribution is 2.31. The van der Waals surface area contributed by atoms with Gasteiger partial charge in [-0.2, -0.15) is 5.10 Å². The lowest BCUT2D eigenvalue weighted by Gasteiger charge is -2.23. The zero-order valence-electron chi connectivity index (χ0n) is 16.1. The number of aliphatic carboxylic acids is 2. The molecule has 1 aromatic carbocycles. The minimum atomic E-state index is -1.08. The highest BCUT2D eigenvalue weighted by Gasteiger charge is 2.34. The predicted octanol–water partition coefficient (Wildman–Crippen LogP) is 3.10. The summed E-state index contributed by atoms with van der Waals surface area (Å²) in [5.74, 6) is -2.42. The highest BCUT2D eigenvalue weighted by atomic mass is 16.5. The Morgan fingerprint density at radius 2 is 1.86 bits per heavy atom. The van der Waals surface area contributed by atoms with Gasteiger partial charge in [0, 0.05) is 5.57 Å². The Morgan fingerprint density at radius 1 is 1.17 bits per heavy atom. The summed E-state index contributed by atoms with van der Waals surface area (Å²) < 4.78 is 6.52. The molecule has 2 aromatic rings. The molecule has 1 atom stereocenters. The number of carboxylic acid groups (broad SMARTS) is 2. The average Bonchev–Trinajstić information content (AvgIpc) is 3.19. The van der Waals surface area contributed by atoms with Crippen LogP contribution in [-0.4, -0.2) is 44.5 Å². The van der Waals surface area contributed by atoms with E-state index >= 15 is 0 Å². The molecule has 152 valence electrons. The zero-order chi connectivity index (χ0) is 21.4. The molecule has 1 unspecified atom stereocenters. The fourth-order valence-corrected chi connectivity index (χ4v) is 2.62. The number of carbonyl (C=O) groups is 3. The van der Waals surface area contributed by atoms with Crippen LogP contribution in [0.2, 0.25) is 0 Å². The fourth-order valence-electron chi connectivity index (χ4n) is 2.62.